The van der Waals surface area contributed by atoms with E-state index < -0.39 is 0 Å². The van der Waals surface area contributed by atoms with Crippen LogP contribution in [0.4, 0.5) is 0 Å². The summed E-state index contributed by atoms with van der Waals surface area (Å²) in [6, 6.07) is -0.662. The van der Waals surface area contributed by atoms with Crippen LogP contribution in [0.2, 0.25) is 0 Å². The van der Waals surface area contributed by atoms with Crippen molar-refractivity contribution in [1.29, 1.82) is 0 Å². The molecule has 106 valence electrons. The van der Waals surface area contributed by atoms with Gasteiger partial charge in [0, 0.05) is 6.54 Å². The molecule has 4 unspecified atom stereocenters. The maximum Gasteiger partial charge on any atom is 0.246 e. The molecule has 2 heterocycles. The predicted octanol–water partition coefficient (Wildman–Crippen LogP) is 0.679. The smallest absolute Gasteiger partial charge is 0.246 e. The van der Waals surface area contributed by atoms with Crippen LogP contribution < -0.4 is 5.32 Å². The number of carbonyl (C=O) groups is 2. The third kappa shape index (κ3) is 2.48. The molecule has 5 nitrogen and oxygen atoms in total. The Hall–Kier alpha value is -1.10. The van der Waals surface area contributed by atoms with Crippen molar-refractivity contribution in [3.63, 3.8) is 0 Å². The highest BCUT2D eigenvalue weighted by molar-refractivity contribution is 5.97. The fourth-order valence-electron chi connectivity index (χ4n) is 3.08. The van der Waals surface area contributed by atoms with Gasteiger partial charge in [0.1, 0.15) is 12.1 Å². The highest BCUT2D eigenvalue weighted by Gasteiger charge is 2.46. The topological polar surface area (TPSA) is 58.6 Å². The summed E-state index contributed by atoms with van der Waals surface area (Å²) in [5, 5.41) is 2.87. The molecule has 3 fully saturated rings. The van der Waals surface area contributed by atoms with Crippen molar-refractivity contribution in [2.45, 2.75) is 63.8 Å². The van der Waals surface area contributed by atoms with Gasteiger partial charge in [0.2, 0.25) is 11.8 Å². The van der Waals surface area contributed by atoms with Crippen LogP contribution in [0, 0.1) is 5.92 Å². The molecule has 0 aromatic heterocycles. The standard InChI is InChI=1S/C14H22N2O3/c1-8-3-6-11(19-8)7-16-9(2)13(17)15-12(14(16)18)10-4-5-10/h8-12H,3-7H2,1-2H3,(H,15,17). The second kappa shape index (κ2) is 4.78. The molecule has 0 aromatic carbocycles. The Morgan fingerprint density at radius 2 is 1.95 bits per heavy atom. The Morgan fingerprint density at radius 3 is 2.53 bits per heavy atom. The molecule has 1 aliphatic carbocycles. The lowest BCUT2D eigenvalue weighted by molar-refractivity contribution is -0.151. The number of nitrogens with one attached hydrogen (secondary N) is 1. The maximum absolute atomic E-state index is 12.5. The second-order valence-electron chi connectivity index (χ2n) is 6.14. The van der Waals surface area contributed by atoms with Crippen molar-refractivity contribution in [2.75, 3.05) is 6.54 Å². The van der Waals surface area contributed by atoms with Crippen LogP contribution in [0.25, 0.3) is 0 Å². The first-order valence-corrected chi connectivity index (χ1v) is 7.32. The van der Waals surface area contributed by atoms with Gasteiger partial charge in [0.15, 0.2) is 0 Å². The average Bonchev–Trinajstić information content (AvgIpc) is 3.13. The minimum atomic E-state index is -0.373. The van der Waals surface area contributed by atoms with E-state index >= 15 is 0 Å². The number of nitrogens with zero attached hydrogens (tertiary/aromatic N) is 1. The summed E-state index contributed by atoms with van der Waals surface area (Å²) in [5.41, 5.74) is 0. The van der Waals surface area contributed by atoms with E-state index in [1.807, 2.05) is 0 Å². The van der Waals surface area contributed by atoms with Gasteiger partial charge in [-0.25, -0.2) is 0 Å². The van der Waals surface area contributed by atoms with E-state index in [2.05, 4.69) is 12.2 Å². The van der Waals surface area contributed by atoms with Crippen molar-refractivity contribution in [3.8, 4) is 0 Å². The largest absolute Gasteiger partial charge is 0.373 e. The van der Waals surface area contributed by atoms with Crippen LogP contribution in [0.5, 0.6) is 0 Å². The molecule has 0 bridgehead atoms. The molecule has 3 aliphatic rings. The molecule has 0 radical (unpaired) electrons. The minimum absolute atomic E-state index is 0.0254. The monoisotopic (exact) mass is 266 g/mol. The molecule has 0 aromatic rings. The number of piperazine rings is 1. The van der Waals surface area contributed by atoms with Gasteiger partial charge in [-0.2, -0.15) is 0 Å². The number of ether oxygens (including phenoxy) is 1. The number of rotatable bonds is 3. The first-order chi connectivity index (χ1) is 9.06. The Balaban J connectivity index is 1.69. The Kier molecular flexibility index (Phi) is 3.25. The highest BCUT2D eigenvalue weighted by atomic mass is 16.5. The Bertz CT molecular complexity index is 394. The molecule has 2 aliphatic heterocycles. The van der Waals surface area contributed by atoms with Crippen LogP contribution in [-0.4, -0.2) is 47.6 Å². The van der Waals surface area contributed by atoms with Gasteiger partial charge in [-0.15, -0.1) is 0 Å². The minimum Gasteiger partial charge on any atom is -0.373 e. The molecule has 2 saturated heterocycles. The molecular formula is C14H22N2O3. The molecule has 2 amide bonds. The van der Waals surface area contributed by atoms with Crippen LogP contribution in [0.1, 0.15) is 39.5 Å². The van der Waals surface area contributed by atoms with Gasteiger partial charge >= 0.3 is 0 Å². The fraction of sp³-hybridized carbons (Fsp3) is 0.857. The van der Waals surface area contributed by atoms with Crippen molar-refractivity contribution in [1.82, 2.24) is 10.2 Å². The van der Waals surface area contributed by atoms with Crippen LogP contribution in [0.3, 0.4) is 0 Å². The van der Waals surface area contributed by atoms with Crippen molar-refractivity contribution in [3.05, 3.63) is 0 Å². The lowest BCUT2D eigenvalue weighted by atomic mass is 10.0. The molecule has 4 atom stereocenters. The quantitative estimate of drug-likeness (QED) is 0.817. The van der Waals surface area contributed by atoms with Crippen molar-refractivity contribution in [2.24, 2.45) is 5.92 Å². The number of hydrogen-bond donors (Lipinski definition) is 1. The molecule has 3 rings (SSSR count). The van der Waals surface area contributed by atoms with Crippen LogP contribution >= 0.6 is 0 Å². The summed E-state index contributed by atoms with van der Waals surface area (Å²) < 4.78 is 5.78. The third-order valence-corrected chi connectivity index (χ3v) is 4.51. The van der Waals surface area contributed by atoms with E-state index in [0.717, 1.165) is 25.7 Å². The normalized spacial score (nSPS) is 39.6. The zero-order valence-corrected chi connectivity index (χ0v) is 11.6. The summed E-state index contributed by atoms with van der Waals surface area (Å²) in [7, 11) is 0. The fourth-order valence-corrected chi connectivity index (χ4v) is 3.08. The number of amides is 2. The summed E-state index contributed by atoms with van der Waals surface area (Å²) in [5.74, 6) is 0.412. The van der Waals surface area contributed by atoms with Gasteiger partial charge in [-0.3, -0.25) is 9.59 Å². The molecule has 1 saturated carbocycles. The summed E-state index contributed by atoms with van der Waals surface area (Å²) in [6.45, 7) is 4.41. The van der Waals surface area contributed by atoms with Crippen LogP contribution in [-0.2, 0) is 14.3 Å². The van der Waals surface area contributed by atoms with Gasteiger partial charge < -0.3 is 15.0 Å². The Labute approximate surface area is 113 Å². The van der Waals surface area contributed by atoms with Gasteiger partial charge in [-0.05, 0) is 45.4 Å². The van der Waals surface area contributed by atoms with E-state index in [1.54, 1.807) is 11.8 Å². The van der Waals surface area contributed by atoms with E-state index in [-0.39, 0.29) is 36.1 Å². The van der Waals surface area contributed by atoms with E-state index in [1.165, 1.54) is 0 Å². The number of hydrogen-bond acceptors (Lipinski definition) is 3. The highest BCUT2D eigenvalue weighted by Crippen LogP contribution is 2.35. The average molecular weight is 266 g/mol. The zero-order valence-electron chi connectivity index (χ0n) is 11.6. The summed E-state index contributed by atoms with van der Waals surface area (Å²) in [4.78, 5) is 26.2. The first kappa shape index (κ1) is 12.9. The van der Waals surface area contributed by atoms with Crippen LogP contribution in [0.15, 0.2) is 0 Å². The summed E-state index contributed by atoms with van der Waals surface area (Å²) >= 11 is 0. The maximum atomic E-state index is 12.5. The molecule has 0 spiro atoms. The Morgan fingerprint density at radius 1 is 1.21 bits per heavy atom. The SMILES string of the molecule is CC1CCC(CN2C(=O)C(C3CC3)NC(=O)C2C)O1. The first-order valence-electron chi connectivity index (χ1n) is 7.32. The predicted molar refractivity (Wildman–Crippen MR) is 69.4 cm³/mol. The lowest BCUT2D eigenvalue weighted by Crippen LogP contribution is -2.64. The summed E-state index contributed by atoms with van der Waals surface area (Å²) in [6.07, 6.45) is 4.48. The number of carbonyl (C=O) groups excluding carboxylic acids is 2. The third-order valence-electron chi connectivity index (χ3n) is 4.51. The molecular weight excluding hydrogens is 244 g/mol. The molecule has 19 heavy (non-hydrogen) atoms. The van der Waals surface area contributed by atoms with Gasteiger partial charge in [0.05, 0.1) is 12.2 Å². The van der Waals surface area contributed by atoms with E-state index in [4.69, 9.17) is 4.74 Å². The van der Waals surface area contributed by atoms with Crippen molar-refractivity contribution < 1.29 is 14.3 Å². The second-order valence-corrected chi connectivity index (χ2v) is 6.14. The van der Waals surface area contributed by atoms with Crippen molar-refractivity contribution >= 4 is 11.8 Å². The lowest BCUT2D eigenvalue weighted by Gasteiger charge is -2.38. The zero-order chi connectivity index (χ0) is 13.6. The molecule has 1 N–H and O–H groups in total. The van der Waals surface area contributed by atoms with E-state index in [9.17, 15) is 9.59 Å². The van der Waals surface area contributed by atoms with E-state index in [0.29, 0.717) is 12.5 Å². The van der Waals surface area contributed by atoms with Gasteiger partial charge in [0.25, 0.3) is 0 Å². The molecule has 5 heteroatoms. The van der Waals surface area contributed by atoms with Gasteiger partial charge in [-0.1, -0.05) is 0 Å².